The van der Waals surface area contributed by atoms with Crippen molar-refractivity contribution < 1.29 is 0 Å². The van der Waals surface area contributed by atoms with Gasteiger partial charge in [-0.3, -0.25) is 0 Å². The lowest BCUT2D eigenvalue weighted by atomic mass is 9.58. The Kier molecular flexibility index (Phi) is 8.13. The van der Waals surface area contributed by atoms with Crippen LogP contribution in [-0.4, -0.2) is 50.1 Å². The Morgan fingerprint density at radius 1 is 0.840 bits per heavy atom. The van der Waals surface area contributed by atoms with E-state index in [0.29, 0.717) is 0 Å². The SMILES string of the molecule is CN(C)CCCN1CC2C3CCCCC3=C3CCCCC3C2C1.Cl.Cl. The molecule has 1 saturated heterocycles. The van der Waals surface area contributed by atoms with Crippen molar-refractivity contribution in [1.29, 1.82) is 0 Å². The molecule has 4 unspecified atom stereocenters. The molecule has 0 aromatic heterocycles. The lowest BCUT2D eigenvalue weighted by Gasteiger charge is -2.46. The molecule has 3 fully saturated rings. The normalized spacial score (nSPS) is 34.7. The first kappa shape index (κ1) is 21.5. The number of hydrogen-bond acceptors (Lipinski definition) is 2. The van der Waals surface area contributed by atoms with Gasteiger partial charge in [0.1, 0.15) is 0 Å². The minimum Gasteiger partial charge on any atom is -0.309 e. The van der Waals surface area contributed by atoms with E-state index in [2.05, 4.69) is 23.9 Å². The molecule has 25 heavy (non-hydrogen) atoms. The van der Waals surface area contributed by atoms with Crippen molar-refractivity contribution in [3.05, 3.63) is 11.1 Å². The van der Waals surface area contributed by atoms with Crippen molar-refractivity contribution in [1.82, 2.24) is 9.80 Å². The van der Waals surface area contributed by atoms with Crippen LogP contribution < -0.4 is 0 Å². The molecular weight excluding hydrogens is 351 g/mol. The second-order valence-electron chi connectivity index (χ2n) is 9.00. The van der Waals surface area contributed by atoms with Gasteiger partial charge in [0.2, 0.25) is 0 Å². The molecule has 2 saturated carbocycles. The third-order valence-corrected chi connectivity index (χ3v) is 7.33. The molecule has 146 valence electrons. The van der Waals surface area contributed by atoms with E-state index in [9.17, 15) is 0 Å². The van der Waals surface area contributed by atoms with E-state index in [0.717, 1.165) is 23.7 Å². The Bertz CT molecular complexity index is 429. The highest BCUT2D eigenvalue weighted by molar-refractivity contribution is 5.85. The first-order valence-corrected chi connectivity index (χ1v) is 10.3. The van der Waals surface area contributed by atoms with Crippen molar-refractivity contribution in [2.45, 2.75) is 57.8 Å². The zero-order chi connectivity index (χ0) is 15.8. The molecule has 0 aromatic rings. The lowest BCUT2D eigenvalue weighted by molar-refractivity contribution is 0.174. The smallest absolute Gasteiger partial charge is 0.00189 e. The number of hydrogen-bond donors (Lipinski definition) is 0. The van der Waals surface area contributed by atoms with E-state index < -0.39 is 0 Å². The first-order chi connectivity index (χ1) is 11.2. The van der Waals surface area contributed by atoms with Gasteiger partial charge < -0.3 is 9.80 Å². The van der Waals surface area contributed by atoms with Crippen LogP contribution in [0.5, 0.6) is 0 Å². The molecule has 1 aliphatic heterocycles. The molecule has 4 heteroatoms. The Morgan fingerprint density at radius 2 is 1.36 bits per heavy atom. The van der Waals surface area contributed by atoms with E-state index >= 15 is 0 Å². The Labute approximate surface area is 167 Å². The third kappa shape index (κ3) is 4.39. The van der Waals surface area contributed by atoms with Crippen molar-refractivity contribution >= 4 is 24.8 Å². The van der Waals surface area contributed by atoms with Crippen LogP contribution in [0.15, 0.2) is 11.1 Å². The van der Waals surface area contributed by atoms with Crippen molar-refractivity contribution in [3.8, 4) is 0 Å². The van der Waals surface area contributed by atoms with Crippen LogP contribution in [0.1, 0.15) is 57.8 Å². The molecule has 0 radical (unpaired) electrons. The Hall–Kier alpha value is 0.240. The fraction of sp³-hybridized carbons (Fsp3) is 0.905. The van der Waals surface area contributed by atoms with Crippen LogP contribution in [0.2, 0.25) is 0 Å². The van der Waals surface area contributed by atoms with Gasteiger partial charge in [-0.25, -0.2) is 0 Å². The summed E-state index contributed by atoms with van der Waals surface area (Å²) in [5, 5.41) is 0. The molecule has 0 amide bonds. The number of likely N-dealkylation sites (tertiary alicyclic amines) is 1. The van der Waals surface area contributed by atoms with Gasteiger partial charge in [0.25, 0.3) is 0 Å². The van der Waals surface area contributed by atoms with Gasteiger partial charge in [-0.2, -0.15) is 0 Å². The summed E-state index contributed by atoms with van der Waals surface area (Å²) in [5.41, 5.74) is 3.97. The van der Waals surface area contributed by atoms with Crippen LogP contribution in [0.25, 0.3) is 0 Å². The summed E-state index contributed by atoms with van der Waals surface area (Å²) in [6.07, 6.45) is 13.2. The second kappa shape index (κ2) is 9.44. The molecule has 4 aliphatic rings. The number of fused-ring (bicyclic) bond motifs is 5. The van der Waals surface area contributed by atoms with Gasteiger partial charge in [-0.15, -0.1) is 24.8 Å². The zero-order valence-electron chi connectivity index (χ0n) is 16.2. The van der Waals surface area contributed by atoms with Crippen LogP contribution >= 0.6 is 24.8 Å². The quantitative estimate of drug-likeness (QED) is 0.623. The number of allylic oxidation sites excluding steroid dienone is 2. The van der Waals surface area contributed by atoms with Gasteiger partial charge in [0, 0.05) is 13.1 Å². The van der Waals surface area contributed by atoms with Crippen molar-refractivity contribution in [2.75, 3.05) is 40.3 Å². The maximum atomic E-state index is 2.84. The number of halogens is 2. The Morgan fingerprint density at radius 3 is 1.84 bits per heavy atom. The van der Waals surface area contributed by atoms with Crippen LogP contribution in [0.4, 0.5) is 0 Å². The van der Waals surface area contributed by atoms with Crippen molar-refractivity contribution in [3.63, 3.8) is 0 Å². The van der Waals surface area contributed by atoms with E-state index in [1.54, 1.807) is 0 Å². The first-order valence-electron chi connectivity index (χ1n) is 10.3. The summed E-state index contributed by atoms with van der Waals surface area (Å²) in [4.78, 5) is 5.17. The predicted octanol–water partition coefficient (Wildman–Crippen LogP) is 5.02. The van der Waals surface area contributed by atoms with E-state index in [1.807, 2.05) is 11.1 Å². The van der Waals surface area contributed by atoms with Crippen LogP contribution in [-0.2, 0) is 0 Å². The summed E-state index contributed by atoms with van der Waals surface area (Å²) in [7, 11) is 4.41. The van der Waals surface area contributed by atoms with Gasteiger partial charge in [-0.05, 0) is 95.8 Å². The molecule has 1 heterocycles. The molecule has 0 spiro atoms. The predicted molar refractivity (Wildman–Crippen MR) is 112 cm³/mol. The summed E-state index contributed by atoms with van der Waals surface area (Å²) in [6, 6.07) is 0. The van der Waals surface area contributed by atoms with Gasteiger partial charge in [-0.1, -0.05) is 24.0 Å². The van der Waals surface area contributed by atoms with Gasteiger partial charge in [0.05, 0.1) is 0 Å². The molecule has 0 aromatic carbocycles. The monoisotopic (exact) mass is 388 g/mol. The fourth-order valence-electron chi connectivity index (χ4n) is 6.41. The summed E-state index contributed by atoms with van der Waals surface area (Å²) >= 11 is 0. The molecule has 4 atom stereocenters. The molecule has 0 bridgehead atoms. The Balaban J connectivity index is 0.00000113. The maximum Gasteiger partial charge on any atom is 0.00189 e. The minimum atomic E-state index is 0. The largest absolute Gasteiger partial charge is 0.309 e. The van der Waals surface area contributed by atoms with Crippen LogP contribution in [0.3, 0.4) is 0 Å². The summed E-state index contributed by atoms with van der Waals surface area (Å²) in [6.45, 7) is 5.40. The highest BCUT2D eigenvalue weighted by atomic mass is 35.5. The van der Waals surface area contributed by atoms with Gasteiger partial charge >= 0.3 is 0 Å². The third-order valence-electron chi connectivity index (χ3n) is 7.33. The maximum absolute atomic E-state index is 2.84. The highest BCUT2D eigenvalue weighted by Crippen LogP contribution is 2.54. The van der Waals surface area contributed by atoms with Gasteiger partial charge in [0.15, 0.2) is 0 Å². The van der Waals surface area contributed by atoms with E-state index in [1.165, 1.54) is 84.0 Å². The van der Waals surface area contributed by atoms with E-state index in [-0.39, 0.29) is 24.8 Å². The fourth-order valence-corrected chi connectivity index (χ4v) is 6.41. The van der Waals surface area contributed by atoms with E-state index in [4.69, 9.17) is 0 Å². The van der Waals surface area contributed by atoms with Crippen molar-refractivity contribution in [2.24, 2.45) is 23.7 Å². The summed E-state index contributed by atoms with van der Waals surface area (Å²) in [5.74, 6) is 3.99. The summed E-state index contributed by atoms with van der Waals surface area (Å²) < 4.78 is 0. The molecule has 2 nitrogen and oxygen atoms in total. The second-order valence-corrected chi connectivity index (χ2v) is 9.00. The standard InChI is InChI=1S/C21H36N2.2ClH/c1-22(2)12-7-13-23-14-20-18-10-5-3-8-16(18)17-9-4-6-11-19(17)21(20)15-23;;/h18-21H,3-15H2,1-2H3;2*1H. The highest BCUT2D eigenvalue weighted by Gasteiger charge is 2.48. The minimum absolute atomic E-state index is 0. The topological polar surface area (TPSA) is 6.48 Å². The van der Waals surface area contributed by atoms with Crippen LogP contribution in [0, 0.1) is 23.7 Å². The molecular formula is C21H38Cl2N2. The average molecular weight is 389 g/mol. The molecule has 0 N–H and O–H groups in total. The average Bonchev–Trinajstić information content (AvgIpc) is 2.99. The zero-order valence-corrected chi connectivity index (χ0v) is 17.8. The number of rotatable bonds is 4. The molecule has 3 aliphatic carbocycles. The lowest BCUT2D eigenvalue weighted by Crippen LogP contribution is -2.38. The molecule has 4 rings (SSSR count). The number of nitrogens with zero attached hydrogens (tertiary/aromatic N) is 2.